The van der Waals surface area contributed by atoms with Gasteiger partial charge in [-0.15, -0.1) is 24.0 Å². The minimum absolute atomic E-state index is 0. The van der Waals surface area contributed by atoms with Crippen molar-refractivity contribution >= 4 is 29.9 Å². The van der Waals surface area contributed by atoms with E-state index in [1.54, 1.807) is 0 Å². The number of halogens is 1. The van der Waals surface area contributed by atoms with Gasteiger partial charge in [-0.3, -0.25) is 4.99 Å². The van der Waals surface area contributed by atoms with Crippen LogP contribution in [0.2, 0.25) is 0 Å². The van der Waals surface area contributed by atoms with Gasteiger partial charge in [0.15, 0.2) is 5.96 Å². The molecule has 2 aliphatic carbocycles. The Morgan fingerprint density at radius 1 is 1.14 bits per heavy atom. The summed E-state index contributed by atoms with van der Waals surface area (Å²) in [7, 11) is 1.82. The molecule has 0 aromatic heterocycles. The molecule has 0 aromatic rings. The number of guanidine groups is 1. The van der Waals surface area contributed by atoms with Crippen LogP contribution < -0.4 is 10.6 Å². The Hall–Kier alpha value is -0.300. The zero-order valence-corrected chi connectivity index (χ0v) is 15.5. The van der Waals surface area contributed by atoms with E-state index in [4.69, 9.17) is 4.74 Å². The number of ether oxygens (including phenoxy) is 1. The first-order valence-corrected chi connectivity index (χ1v) is 8.12. The summed E-state index contributed by atoms with van der Waals surface area (Å²) < 4.78 is 5.97. The molecule has 0 heterocycles. The van der Waals surface area contributed by atoms with Crippen LogP contribution in [0, 0.1) is 0 Å². The fraction of sp³-hybridized carbons (Fsp3) is 0.812. The van der Waals surface area contributed by atoms with E-state index in [2.05, 4.69) is 27.8 Å². The molecule has 0 aliphatic heterocycles. The Balaban J connectivity index is 0.00000220. The van der Waals surface area contributed by atoms with Crippen LogP contribution in [0.3, 0.4) is 0 Å². The fourth-order valence-electron chi connectivity index (χ4n) is 2.93. The lowest BCUT2D eigenvalue weighted by Crippen LogP contribution is -2.43. The molecular weight excluding hydrogens is 377 g/mol. The van der Waals surface area contributed by atoms with Crippen LogP contribution in [0.5, 0.6) is 0 Å². The van der Waals surface area contributed by atoms with Crippen LogP contribution in [0.15, 0.2) is 17.1 Å². The van der Waals surface area contributed by atoms with Crippen molar-refractivity contribution in [3.63, 3.8) is 0 Å². The minimum atomic E-state index is 0. The maximum Gasteiger partial charge on any atom is 0.191 e. The standard InChI is InChI=1S/C16H29N3O.HI/c1-17-16(19-14-8-6-7-9-14)18-12-13-20-15-10-4-2-3-5-11-15;/h6-7,14-15H,2-5,8-13H2,1H3,(H2,17,18,19);1H. The second kappa shape index (κ2) is 11.3. The van der Waals surface area contributed by atoms with Crippen LogP contribution >= 0.6 is 24.0 Å². The molecule has 0 saturated heterocycles. The molecule has 1 saturated carbocycles. The normalized spacial score (nSPS) is 20.9. The molecule has 4 nitrogen and oxygen atoms in total. The molecule has 0 unspecified atom stereocenters. The number of hydrogen-bond acceptors (Lipinski definition) is 2. The Labute approximate surface area is 146 Å². The molecular formula is C16H30IN3O. The van der Waals surface area contributed by atoms with Crippen molar-refractivity contribution in [1.29, 1.82) is 0 Å². The second-order valence-electron chi connectivity index (χ2n) is 5.77. The summed E-state index contributed by atoms with van der Waals surface area (Å²) in [6.45, 7) is 1.60. The fourth-order valence-corrected chi connectivity index (χ4v) is 2.93. The lowest BCUT2D eigenvalue weighted by atomic mass is 10.1. The van der Waals surface area contributed by atoms with Crippen molar-refractivity contribution in [2.45, 2.75) is 63.5 Å². The van der Waals surface area contributed by atoms with Gasteiger partial charge in [0.1, 0.15) is 0 Å². The number of hydrogen-bond donors (Lipinski definition) is 2. The first-order chi connectivity index (χ1) is 9.88. The Kier molecular flexibility index (Phi) is 10.1. The van der Waals surface area contributed by atoms with Gasteiger partial charge in [-0.1, -0.05) is 37.8 Å². The van der Waals surface area contributed by atoms with Crippen LogP contribution in [0.1, 0.15) is 51.4 Å². The van der Waals surface area contributed by atoms with Gasteiger partial charge in [-0.05, 0) is 25.7 Å². The molecule has 2 N–H and O–H groups in total. The smallest absolute Gasteiger partial charge is 0.191 e. The van der Waals surface area contributed by atoms with Crippen LogP contribution in [0.25, 0.3) is 0 Å². The maximum absolute atomic E-state index is 5.97. The molecule has 21 heavy (non-hydrogen) atoms. The lowest BCUT2D eigenvalue weighted by Gasteiger charge is -2.18. The first-order valence-electron chi connectivity index (χ1n) is 8.12. The van der Waals surface area contributed by atoms with E-state index < -0.39 is 0 Å². The van der Waals surface area contributed by atoms with E-state index in [0.717, 1.165) is 32.0 Å². The third kappa shape index (κ3) is 7.49. The molecule has 0 radical (unpaired) electrons. The zero-order chi connectivity index (χ0) is 14.0. The van der Waals surface area contributed by atoms with Gasteiger partial charge in [0.25, 0.3) is 0 Å². The van der Waals surface area contributed by atoms with Crippen molar-refractivity contribution in [2.24, 2.45) is 4.99 Å². The van der Waals surface area contributed by atoms with Crippen LogP contribution in [0.4, 0.5) is 0 Å². The summed E-state index contributed by atoms with van der Waals surface area (Å²) in [5.74, 6) is 0.892. The molecule has 0 atom stereocenters. The quantitative estimate of drug-likeness (QED) is 0.184. The van der Waals surface area contributed by atoms with Crippen molar-refractivity contribution in [3.05, 3.63) is 12.2 Å². The van der Waals surface area contributed by atoms with Gasteiger partial charge in [0.05, 0.1) is 12.7 Å². The van der Waals surface area contributed by atoms with E-state index in [1.165, 1.54) is 38.5 Å². The van der Waals surface area contributed by atoms with Crippen molar-refractivity contribution in [3.8, 4) is 0 Å². The predicted octanol–water partition coefficient (Wildman–Crippen LogP) is 3.23. The Morgan fingerprint density at radius 2 is 1.81 bits per heavy atom. The first kappa shape index (κ1) is 18.7. The molecule has 1 fully saturated rings. The van der Waals surface area contributed by atoms with Crippen molar-refractivity contribution < 1.29 is 4.74 Å². The molecule has 0 aromatic carbocycles. The Bertz CT molecular complexity index is 317. The van der Waals surface area contributed by atoms with Crippen LogP contribution in [-0.4, -0.2) is 38.3 Å². The highest BCUT2D eigenvalue weighted by Gasteiger charge is 2.13. The average Bonchev–Trinajstić information content (AvgIpc) is 2.84. The summed E-state index contributed by atoms with van der Waals surface area (Å²) in [6, 6.07) is 0.504. The zero-order valence-electron chi connectivity index (χ0n) is 13.1. The summed E-state index contributed by atoms with van der Waals surface area (Å²) in [6.07, 6.45) is 15.0. The van der Waals surface area contributed by atoms with Gasteiger partial charge in [-0.2, -0.15) is 0 Å². The highest BCUT2D eigenvalue weighted by atomic mass is 127. The van der Waals surface area contributed by atoms with Gasteiger partial charge in [0, 0.05) is 19.6 Å². The van der Waals surface area contributed by atoms with Gasteiger partial charge < -0.3 is 15.4 Å². The topological polar surface area (TPSA) is 45.7 Å². The predicted molar refractivity (Wildman–Crippen MR) is 99.5 cm³/mol. The second-order valence-corrected chi connectivity index (χ2v) is 5.77. The molecule has 0 amide bonds. The average molecular weight is 407 g/mol. The third-order valence-electron chi connectivity index (χ3n) is 4.12. The number of rotatable bonds is 5. The molecule has 5 heteroatoms. The molecule has 2 aliphatic rings. The maximum atomic E-state index is 5.97. The largest absolute Gasteiger partial charge is 0.376 e. The van der Waals surface area contributed by atoms with E-state index in [-0.39, 0.29) is 24.0 Å². The lowest BCUT2D eigenvalue weighted by molar-refractivity contribution is 0.0468. The van der Waals surface area contributed by atoms with Gasteiger partial charge in [-0.25, -0.2) is 0 Å². The highest BCUT2D eigenvalue weighted by Crippen LogP contribution is 2.19. The number of aliphatic imine (C=N–C) groups is 1. The van der Waals surface area contributed by atoms with E-state index in [0.29, 0.717) is 12.1 Å². The van der Waals surface area contributed by atoms with Crippen LogP contribution in [-0.2, 0) is 4.74 Å². The summed E-state index contributed by atoms with van der Waals surface area (Å²) in [5, 5.41) is 6.77. The minimum Gasteiger partial charge on any atom is -0.376 e. The summed E-state index contributed by atoms with van der Waals surface area (Å²) in [5.41, 5.74) is 0. The van der Waals surface area contributed by atoms with E-state index >= 15 is 0 Å². The third-order valence-corrected chi connectivity index (χ3v) is 4.12. The molecule has 2 rings (SSSR count). The van der Waals surface area contributed by atoms with E-state index in [9.17, 15) is 0 Å². The SMILES string of the molecule is CN=C(NCCOC1CCCCCC1)NC1CC=CC1.I. The summed E-state index contributed by atoms with van der Waals surface area (Å²) >= 11 is 0. The molecule has 0 spiro atoms. The van der Waals surface area contributed by atoms with E-state index in [1.807, 2.05) is 7.05 Å². The van der Waals surface area contributed by atoms with Gasteiger partial charge in [0.2, 0.25) is 0 Å². The van der Waals surface area contributed by atoms with Crippen molar-refractivity contribution in [1.82, 2.24) is 10.6 Å². The highest BCUT2D eigenvalue weighted by molar-refractivity contribution is 14.0. The Morgan fingerprint density at radius 3 is 2.43 bits per heavy atom. The van der Waals surface area contributed by atoms with Crippen molar-refractivity contribution in [2.75, 3.05) is 20.2 Å². The summed E-state index contributed by atoms with van der Waals surface area (Å²) in [4.78, 5) is 4.26. The monoisotopic (exact) mass is 407 g/mol. The number of nitrogens with zero attached hydrogens (tertiary/aromatic N) is 1. The molecule has 0 bridgehead atoms. The molecule has 122 valence electrons. The number of nitrogens with one attached hydrogen (secondary N) is 2. The van der Waals surface area contributed by atoms with Gasteiger partial charge >= 0.3 is 0 Å².